The average molecular weight is 363 g/mol. The Morgan fingerprint density at radius 3 is 2.69 bits per heavy atom. The number of pyridine rings is 2. The number of anilines is 1. The standard InChI is InChI=1S/C20H21N5S/c1-21-18-8-5-14(11-22-18)16-7-4-13-10-17(26-20(13)24-16)15-6-9-19(23-12-15)25(2)3/h4-11,23H,12H2,1-3H3,(H,21,22). The highest BCUT2D eigenvalue weighted by molar-refractivity contribution is 7.19. The Balaban J connectivity index is 1.66. The SMILES string of the molecule is CNc1ccc(-c2ccc3cc(C4=CC=C(N(C)C)NC4)sc3n2)cn1. The predicted molar refractivity (Wildman–Crippen MR) is 110 cm³/mol. The van der Waals surface area contributed by atoms with Gasteiger partial charge >= 0.3 is 0 Å². The van der Waals surface area contributed by atoms with Crippen molar-refractivity contribution in [1.82, 2.24) is 20.2 Å². The Hall–Kier alpha value is -2.86. The summed E-state index contributed by atoms with van der Waals surface area (Å²) in [5, 5.41) is 7.66. The normalized spacial score (nSPS) is 13.8. The quantitative estimate of drug-likeness (QED) is 0.739. The monoisotopic (exact) mass is 363 g/mol. The second-order valence-electron chi connectivity index (χ2n) is 6.38. The van der Waals surface area contributed by atoms with Crippen molar-refractivity contribution >= 4 is 32.9 Å². The van der Waals surface area contributed by atoms with Crippen molar-refractivity contribution in [2.75, 3.05) is 33.0 Å². The third-order valence-corrected chi connectivity index (χ3v) is 5.52. The van der Waals surface area contributed by atoms with E-state index < -0.39 is 0 Å². The zero-order valence-electron chi connectivity index (χ0n) is 15.1. The molecule has 0 unspecified atom stereocenters. The molecule has 132 valence electrons. The van der Waals surface area contributed by atoms with E-state index in [1.54, 1.807) is 11.3 Å². The van der Waals surface area contributed by atoms with E-state index in [2.05, 4.69) is 50.9 Å². The molecule has 0 amide bonds. The van der Waals surface area contributed by atoms with Crippen molar-refractivity contribution in [2.24, 2.45) is 0 Å². The van der Waals surface area contributed by atoms with E-state index in [1.165, 1.54) is 15.8 Å². The first kappa shape index (κ1) is 16.6. The van der Waals surface area contributed by atoms with Gasteiger partial charge < -0.3 is 15.5 Å². The molecule has 4 heterocycles. The summed E-state index contributed by atoms with van der Waals surface area (Å²) in [7, 11) is 5.95. The smallest absolute Gasteiger partial charge is 0.125 e. The van der Waals surface area contributed by atoms with Crippen LogP contribution >= 0.6 is 11.3 Å². The number of nitrogens with zero attached hydrogens (tertiary/aromatic N) is 3. The molecule has 0 atom stereocenters. The number of aromatic nitrogens is 2. The molecule has 0 aliphatic carbocycles. The maximum absolute atomic E-state index is 4.85. The van der Waals surface area contributed by atoms with Gasteiger partial charge in [-0.2, -0.15) is 0 Å². The number of rotatable bonds is 4. The van der Waals surface area contributed by atoms with Crippen molar-refractivity contribution in [2.45, 2.75) is 0 Å². The Kier molecular flexibility index (Phi) is 4.34. The molecule has 4 rings (SSSR count). The first-order chi connectivity index (χ1) is 12.6. The number of allylic oxidation sites excluding steroid dienone is 2. The second kappa shape index (κ2) is 6.80. The Bertz CT molecular complexity index is 999. The van der Waals surface area contributed by atoms with Crippen LogP contribution in [-0.2, 0) is 0 Å². The first-order valence-corrected chi connectivity index (χ1v) is 9.33. The van der Waals surface area contributed by atoms with Crippen molar-refractivity contribution in [3.8, 4) is 11.3 Å². The Labute approximate surface area is 157 Å². The highest BCUT2D eigenvalue weighted by atomic mass is 32.1. The van der Waals surface area contributed by atoms with Gasteiger partial charge in [0.15, 0.2) is 0 Å². The van der Waals surface area contributed by atoms with Crippen molar-refractivity contribution in [3.05, 3.63) is 59.4 Å². The topological polar surface area (TPSA) is 53.1 Å². The summed E-state index contributed by atoms with van der Waals surface area (Å²) in [4.78, 5) is 13.6. The van der Waals surface area contributed by atoms with Gasteiger partial charge in [0.25, 0.3) is 0 Å². The molecule has 0 aromatic carbocycles. The Morgan fingerprint density at radius 1 is 1.15 bits per heavy atom. The molecule has 0 fully saturated rings. The van der Waals surface area contributed by atoms with Crippen molar-refractivity contribution < 1.29 is 0 Å². The highest BCUT2D eigenvalue weighted by Crippen LogP contribution is 2.32. The van der Waals surface area contributed by atoms with Gasteiger partial charge in [-0.3, -0.25) is 0 Å². The summed E-state index contributed by atoms with van der Waals surface area (Å²) in [6, 6.07) is 10.4. The molecule has 0 spiro atoms. The summed E-state index contributed by atoms with van der Waals surface area (Å²) in [5.41, 5.74) is 3.27. The molecule has 0 saturated heterocycles. The number of dihydropyridines is 1. The molecule has 3 aromatic heterocycles. The molecule has 26 heavy (non-hydrogen) atoms. The van der Waals surface area contributed by atoms with E-state index in [4.69, 9.17) is 4.98 Å². The lowest BCUT2D eigenvalue weighted by Gasteiger charge is -2.22. The first-order valence-electron chi connectivity index (χ1n) is 8.51. The summed E-state index contributed by atoms with van der Waals surface area (Å²) in [5.74, 6) is 1.99. The Morgan fingerprint density at radius 2 is 2.04 bits per heavy atom. The van der Waals surface area contributed by atoms with Gasteiger partial charge in [-0.25, -0.2) is 9.97 Å². The molecule has 2 N–H and O–H groups in total. The number of thiophene rings is 1. The lowest BCUT2D eigenvalue weighted by atomic mass is 10.1. The van der Waals surface area contributed by atoms with E-state index in [0.717, 1.165) is 34.3 Å². The van der Waals surface area contributed by atoms with Crippen LogP contribution in [0.4, 0.5) is 5.82 Å². The van der Waals surface area contributed by atoms with E-state index in [1.807, 2.05) is 39.5 Å². The van der Waals surface area contributed by atoms with Crippen molar-refractivity contribution in [1.29, 1.82) is 0 Å². The molecule has 0 radical (unpaired) electrons. The number of hydrogen-bond donors (Lipinski definition) is 2. The molecule has 6 heteroatoms. The molecule has 0 saturated carbocycles. The number of fused-ring (bicyclic) bond motifs is 1. The van der Waals surface area contributed by atoms with Crippen LogP contribution in [0.2, 0.25) is 0 Å². The number of hydrogen-bond acceptors (Lipinski definition) is 6. The minimum atomic E-state index is 0.832. The van der Waals surface area contributed by atoms with Gasteiger partial charge in [-0.1, -0.05) is 6.08 Å². The van der Waals surface area contributed by atoms with E-state index >= 15 is 0 Å². The fourth-order valence-corrected chi connectivity index (χ4v) is 3.94. The summed E-state index contributed by atoms with van der Waals surface area (Å²) in [6.45, 7) is 0.832. The van der Waals surface area contributed by atoms with Gasteiger partial charge in [0.05, 0.1) is 5.69 Å². The van der Waals surface area contributed by atoms with Crippen molar-refractivity contribution in [3.63, 3.8) is 0 Å². The lowest BCUT2D eigenvalue weighted by Crippen LogP contribution is -2.28. The fraction of sp³-hybridized carbons (Fsp3) is 0.200. The third-order valence-electron chi connectivity index (χ3n) is 4.40. The number of nitrogens with one attached hydrogen (secondary N) is 2. The van der Waals surface area contributed by atoms with Crippen LogP contribution in [0.1, 0.15) is 4.88 Å². The molecule has 0 bridgehead atoms. The fourth-order valence-electron chi connectivity index (χ4n) is 2.89. The summed E-state index contributed by atoms with van der Waals surface area (Å²) in [6.07, 6.45) is 6.17. The van der Waals surface area contributed by atoms with Crippen LogP contribution in [-0.4, -0.2) is 42.6 Å². The van der Waals surface area contributed by atoms with Crippen LogP contribution in [0.5, 0.6) is 0 Å². The maximum Gasteiger partial charge on any atom is 0.125 e. The van der Waals surface area contributed by atoms with Gasteiger partial charge in [-0.05, 0) is 42.0 Å². The zero-order valence-corrected chi connectivity index (χ0v) is 15.9. The second-order valence-corrected chi connectivity index (χ2v) is 7.41. The minimum absolute atomic E-state index is 0.832. The van der Waals surface area contributed by atoms with E-state index in [9.17, 15) is 0 Å². The van der Waals surface area contributed by atoms with Gasteiger partial charge in [-0.15, -0.1) is 11.3 Å². The summed E-state index contributed by atoms with van der Waals surface area (Å²) < 4.78 is 0. The maximum atomic E-state index is 4.85. The molecule has 5 nitrogen and oxygen atoms in total. The van der Waals surface area contributed by atoms with E-state index in [0.29, 0.717) is 0 Å². The average Bonchev–Trinajstić information content (AvgIpc) is 3.11. The minimum Gasteiger partial charge on any atom is -0.373 e. The van der Waals surface area contributed by atoms with E-state index in [-0.39, 0.29) is 0 Å². The van der Waals surface area contributed by atoms with Crippen LogP contribution in [0, 0.1) is 0 Å². The largest absolute Gasteiger partial charge is 0.373 e. The molecule has 1 aliphatic heterocycles. The molecular weight excluding hydrogens is 342 g/mol. The van der Waals surface area contributed by atoms with Crippen LogP contribution < -0.4 is 10.6 Å². The van der Waals surface area contributed by atoms with Crippen LogP contribution in [0.3, 0.4) is 0 Å². The molecule has 3 aromatic rings. The highest BCUT2D eigenvalue weighted by Gasteiger charge is 2.12. The predicted octanol–water partition coefficient (Wildman–Crippen LogP) is 3.79. The summed E-state index contributed by atoms with van der Waals surface area (Å²) >= 11 is 1.73. The van der Waals surface area contributed by atoms with Gasteiger partial charge in [0.1, 0.15) is 16.5 Å². The lowest BCUT2D eigenvalue weighted by molar-refractivity contribution is 0.468. The third kappa shape index (κ3) is 3.15. The van der Waals surface area contributed by atoms with Gasteiger partial charge in [0, 0.05) is 49.7 Å². The molecular formula is C20H21N5S. The van der Waals surface area contributed by atoms with Crippen LogP contribution in [0.25, 0.3) is 27.0 Å². The van der Waals surface area contributed by atoms with Crippen LogP contribution in [0.15, 0.2) is 54.5 Å². The van der Waals surface area contributed by atoms with Gasteiger partial charge in [0.2, 0.25) is 0 Å². The molecule has 1 aliphatic rings. The zero-order chi connectivity index (χ0) is 18.1.